The van der Waals surface area contributed by atoms with E-state index >= 15 is 0 Å². The van der Waals surface area contributed by atoms with Gasteiger partial charge in [0.1, 0.15) is 17.8 Å². The Morgan fingerprint density at radius 1 is 1.04 bits per heavy atom. The van der Waals surface area contributed by atoms with Gasteiger partial charge < -0.3 is 10.6 Å². The molecule has 7 heteroatoms. The maximum absolute atomic E-state index is 12.3. The van der Waals surface area contributed by atoms with Crippen molar-refractivity contribution in [3.63, 3.8) is 0 Å². The summed E-state index contributed by atoms with van der Waals surface area (Å²) in [5, 5.41) is 5.92. The average Bonchev–Trinajstić information content (AvgIpc) is 2.63. The van der Waals surface area contributed by atoms with Gasteiger partial charge in [-0.15, -0.1) is 0 Å². The van der Waals surface area contributed by atoms with Crippen molar-refractivity contribution in [2.75, 3.05) is 10.6 Å². The van der Waals surface area contributed by atoms with Crippen LogP contribution >= 0.6 is 15.9 Å². The number of anilines is 2. The van der Waals surface area contributed by atoms with Gasteiger partial charge in [0.15, 0.2) is 0 Å². The van der Waals surface area contributed by atoms with Gasteiger partial charge in [0.25, 0.3) is 5.91 Å². The molecule has 1 amide bonds. The lowest BCUT2D eigenvalue weighted by Crippen LogP contribution is -2.14. The Morgan fingerprint density at radius 3 is 2.62 bits per heavy atom. The fraction of sp³-hybridized carbons (Fsp3) is 0.0588. The third-order valence-electron chi connectivity index (χ3n) is 3.18. The van der Waals surface area contributed by atoms with Crippen molar-refractivity contribution in [2.45, 2.75) is 6.54 Å². The van der Waals surface area contributed by atoms with Crippen LogP contribution in [0, 0.1) is 0 Å². The molecule has 2 heterocycles. The Kier molecular flexibility index (Phi) is 5.12. The minimum absolute atomic E-state index is 0.288. The van der Waals surface area contributed by atoms with Gasteiger partial charge in [-0.2, -0.15) is 0 Å². The van der Waals surface area contributed by atoms with E-state index < -0.39 is 0 Å². The maximum Gasteiger partial charge on any atom is 0.274 e. The van der Waals surface area contributed by atoms with Crippen LogP contribution in [0.15, 0.2) is 65.5 Å². The number of halogens is 1. The Morgan fingerprint density at radius 2 is 1.88 bits per heavy atom. The molecule has 120 valence electrons. The molecule has 0 aliphatic heterocycles. The number of pyridine rings is 1. The second kappa shape index (κ2) is 7.65. The van der Waals surface area contributed by atoms with Gasteiger partial charge >= 0.3 is 0 Å². The Labute approximate surface area is 147 Å². The molecule has 0 bridgehead atoms. The van der Waals surface area contributed by atoms with Crippen molar-refractivity contribution in [3.8, 4) is 0 Å². The van der Waals surface area contributed by atoms with E-state index in [0.29, 0.717) is 18.1 Å². The highest BCUT2D eigenvalue weighted by Gasteiger charge is 2.09. The molecule has 6 nitrogen and oxygen atoms in total. The van der Waals surface area contributed by atoms with Crippen LogP contribution in [0.25, 0.3) is 0 Å². The highest BCUT2D eigenvalue weighted by Crippen LogP contribution is 2.15. The number of hydrogen-bond acceptors (Lipinski definition) is 5. The van der Waals surface area contributed by atoms with Crippen molar-refractivity contribution in [1.82, 2.24) is 15.0 Å². The van der Waals surface area contributed by atoms with E-state index in [1.807, 2.05) is 42.5 Å². The fourth-order valence-corrected chi connectivity index (χ4v) is 2.25. The monoisotopic (exact) mass is 383 g/mol. The van der Waals surface area contributed by atoms with Crippen LogP contribution in [0.3, 0.4) is 0 Å². The number of amides is 1. The van der Waals surface area contributed by atoms with Crippen LogP contribution in [0.5, 0.6) is 0 Å². The molecule has 0 unspecified atom stereocenters. The smallest absolute Gasteiger partial charge is 0.274 e. The molecule has 2 N–H and O–H groups in total. The highest BCUT2D eigenvalue weighted by molar-refractivity contribution is 9.10. The number of nitrogens with one attached hydrogen (secondary N) is 2. The summed E-state index contributed by atoms with van der Waals surface area (Å²) < 4.78 is 0.948. The summed E-state index contributed by atoms with van der Waals surface area (Å²) in [4.78, 5) is 24.6. The molecule has 0 radical (unpaired) electrons. The molecule has 3 rings (SSSR count). The Bertz CT molecular complexity index is 824. The molecule has 0 spiro atoms. The second-order valence-electron chi connectivity index (χ2n) is 4.92. The lowest BCUT2D eigenvalue weighted by molar-refractivity contribution is 0.102. The molecule has 24 heavy (non-hydrogen) atoms. The molecule has 0 atom stereocenters. The molecule has 0 saturated carbocycles. The largest absolute Gasteiger partial charge is 0.364 e. The van der Waals surface area contributed by atoms with E-state index in [-0.39, 0.29) is 11.6 Å². The number of benzene rings is 1. The number of hydrogen-bond donors (Lipinski definition) is 2. The summed E-state index contributed by atoms with van der Waals surface area (Å²) in [5.41, 5.74) is 1.87. The first-order chi connectivity index (χ1) is 11.7. The minimum atomic E-state index is -0.291. The van der Waals surface area contributed by atoms with Crippen molar-refractivity contribution in [3.05, 3.63) is 76.9 Å². The molecule has 0 saturated heterocycles. The minimum Gasteiger partial charge on any atom is -0.364 e. The summed E-state index contributed by atoms with van der Waals surface area (Å²) >= 11 is 3.36. The van der Waals surface area contributed by atoms with Gasteiger partial charge in [0.05, 0.1) is 12.2 Å². The number of aromatic nitrogens is 3. The predicted molar refractivity (Wildman–Crippen MR) is 95.7 cm³/mol. The van der Waals surface area contributed by atoms with Crippen molar-refractivity contribution >= 4 is 33.3 Å². The topological polar surface area (TPSA) is 79.8 Å². The van der Waals surface area contributed by atoms with E-state index in [1.165, 1.54) is 6.33 Å². The first-order valence-electron chi connectivity index (χ1n) is 7.23. The molecular formula is C17H14BrN5O. The molecule has 0 fully saturated rings. The van der Waals surface area contributed by atoms with E-state index in [9.17, 15) is 4.79 Å². The first kappa shape index (κ1) is 16.1. The maximum atomic E-state index is 12.3. The van der Waals surface area contributed by atoms with Gasteiger partial charge in [0.2, 0.25) is 0 Å². The van der Waals surface area contributed by atoms with Crippen LogP contribution in [0.1, 0.15) is 16.2 Å². The third-order valence-corrected chi connectivity index (χ3v) is 3.71. The van der Waals surface area contributed by atoms with Gasteiger partial charge in [-0.3, -0.25) is 9.78 Å². The lowest BCUT2D eigenvalue weighted by Gasteiger charge is -2.07. The summed E-state index contributed by atoms with van der Waals surface area (Å²) in [7, 11) is 0. The Hall–Kier alpha value is -2.80. The van der Waals surface area contributed by atoms with Crippen LogP contribution in [-0.2, 0) is 6.54 Å². The van der Waals surface area contributed by atoms with Crippen LogP contribution in [0.2, 0.25) is 0 Å². The lowest BCUT2D eigenvalue weighted by atomic mass is 10.3. The third kappa shape index (κ3) is 4.36. The van der Waals surface area contributed by atoms with Gasteiger partial charge in [-0.25, -0.2) is 9.97 Å². The molecule has 3 aromatic rings. The molecule has 1 aromatic carbocycles. The second-order valence-corrected chi connectivity index (χ2v) is 5.84. The van der Waals surface area contributed by atoms with Gasteiger partial charge in [0, 0.05) is 22.4 Å². The van der Waals surface area contributed by atoms with Crippen molar-refractivity contribution in [1.29, 1.82) is 0 Å². The standard InChI is InChI=1S/C17H14BrN5O/c18-12-4-6-13(7-5-12)23-17(24)15-9-16(22-11-21-15)20-10-14-3-1-2-8-19-14/h1-9,11H,10H2,(H,23,24)(H,20,21,22). The SMILES string of the molecule is O=C(Nc1ccc(Br)cc1)c1cc(NCc2ccccn2)ncn1. The first-order valence-corrected chi connectivity index (χ1v) is 8.03. The van der Waals surface area contributed by atoms with E-state index in [4.69, 9.17) is 0 Å². The summed E-state index contributed by atoms with van der Waals surface area (Å²) in [6, 6.07) is 14.6. The number of carbonyl (C=O) groups is 1. The number of nitrogens with zero attached hydrogens (tertiary/aromatic N) is 3. The normalized spacial score (nSPS) is 10.2. The summed E-state index contributed by atoms with van der Waals surface area (Å²) in [6.07, 6.45) is 3.09. The van der Waals surface area contributed by atoms with Crippen LogP contribution in [0.4, 0.5) is 11.5 Å². The van der Waals surface area contributed by atoms with E-state index in [2.05, 4.69) is 41.5 Å². The fourth-order valence-electron chi connectivity index (χ4n) is 1.99. The van der Waals surface area contributed by atoms with Crippen molar-refractivity contribution < 1.29 is 4.79 Å². The van der Waals surface area contributed by atoms with Gasteiger partial charge in [-0.05, 0) is 36.4 Å². The van der Waals surface area contributed by atoms with E-state index in [0.717, 1.165) is 10.2 Å². The number of rotatable bonds is 5. The molecule has 0 aliphatic rings. The van der Waals surface area contributed by atoms with Crippen LogP contribution in [-0.4, -0.2) is 20.9 Å². The average molecular weight is 384 g/mol. The predicted octanol–water partition coefficient (Wildman–Crippen LogP) is 3.50. The van der Waals surface area contributed by atoms with Crippen LogP contribution < -0.4 is 10.6 Å². The summed E-state index contributed by atoms with van der Waals surface area (Å²) in [6.45, 7) is 0.519. The zero-order chi connectivity index (χ0) is 16.8. The molecular weight excluding hydrogens is 370 g/mol. The molecule has 0 aliphatic carbocycles. The van der Waals surface area contributed by atoms with Crippen molar-refractivity contribution in [2.24, 2.45) is 0 Å². The quantitative estimate of drug-likeness (QED) is 0.704. The Balaban J connectivity index is 1.65. The molecule has 2 aromatic heterocycles. The summed E-state index contributed by atoms with van der Waals surface area (Å²) in [5.74, 6) is 0.275. The highest BCUT2D eigenvalue weighted by atomic mass is 79.9. The van der Waals surface area contributed by atoms with E-state index in [1.54, 1.807) is 12.3 Å². The zero-order valence-electron chi connectivity index (χ0n) is 12.6. The number of carbonyl (C=O) groups excluding carboxylic acids is 1. The zero-order valence-corrected chi connectivity index (χ0v) is 14.2. The van der Waals surface area contributed by atoms with Gasteiger partial charge in [-0.1, -0.05) is 22.0 Å².